The maximum atomic E-state index is 13.7. The van der Waals surface area contributed by atoms with Crippen molar-refractivity contribution in [3.05, 3.63) is 53.5 Å². The standard InChI is InChI=1S/C13H10F4N2/c1-2-9(6-7-19-8-18)12-10(13(15,16)17)4-3-5-11(12)14/h2-7,19H,1H3/b7-6-,9-2+. The van der Waals surface area contributed by atoms with Crippen LogP contribution >= 0.6 is 0 Å². The van der Waals surface area contributed by atoms with Gasteiger partial charge < -0.3 is 0 Å². The summed E-state index contributed by atoms with van der Waals surface area (Å²) >= 11 is 0. The van der Waals surface area contributed by atoms with Gasteiger partial charge in [-0.05, 0) is 30.7 Å². The molecule has 1 aromatic carbocycles. The minimum absolute atomic E-state index is 0.0353. The molecule has 19 heavy (non-hydrogen) atoms. The van der Waals surface area contributed by atoms with Crippen molar-refractivity contribution in [3.8, 4) is 6.19 Å². The van der Waals surface area contributed by atoms with Crippen LogP contribution in [0.25, 0.3) is 5.57 Å². The van der Waals surface area contributed by atoms with Gasteiger partial charge in [0.1, 0.15) is 5.82 Å². The van der Waals surface area contributed by atoms with E-state index in [1.807, 2.05) is 0 Å². The zero-order chi connectivity index (χ0) is 14.5. The Bertz CT molecular complexity index is 551. The van der Waals surface area contributed by atoms with Gasteiger partial charge in [0.05, 0.1) is 5.56 Å². The Morgan fingerprint density at radius 1 is 1.37 bits per heavy atom. The fourth-order valence-electron chi connectivity index (χ4n) is 1.55. The molecule has 0 bridgehead atoms. The number of halogens is 4. The highest BCUT2D eigenvalue weighted by atomic mass is 19.4. The molecular formula is C13H10F4N2. The number of nitriles is 1. The van der Waals surface area contributed by atoms with E-state index in [1.165, 1.54) is 19.1 Å². The summed E-state index contributed by atoms with van der Waals surface area (Å²) in [7, 11) is 0. The van der Waals surface area contributed by atoms with Gasteiger partial charge in [0, 0.05) is 11.8 Å². The fraction of sp³-hybridized carbons (Fsp3) is 0.154. The number of hydrogen-bond acceptors (Lipinski definition) is 2. The SMILES string of the molecule is C/C=C(\C=C/NC#N)c1c(F)cccc1C(F)(F)F. The number of rotatable bonds is 3. The van der Waals surface area contributed by atoms with E-state index in [0.717, 1.165) is 24.4 Å². The van der Waals surface area contributed by atoms with Crippen molar-refractivity contribution in [1.82, 2.24) is 5.32 Å². The fourth-order valence-corrected chi connectivity index (χ4v) is 1.55. The largest absolute Gasteiger partial charge is 0.417 e. The zero-order valence-corrected chi connectivity index (χ0v) is 9.92. The Labute approximate surface area is 107 Å². The van der Waals surface area contributed by atoms with Gasteiger partial charge in [-0.3, -0.25) is 5.32 Å². The molecule has 2 nitrogen and oxygen atoms in total. The number of nitrogens with one attached hydrogen (secondary N) is 1. The molecule has 0 fully saturated rings. The van der Waals surface area contributed by atoms with Crippen LogP contribution in [0.5, 0.6) is 0 Å². The van der Waals surface area contributed by atoms with Gasteiger partial charge in [-0.25, -0.2) is 4.39 Å². The summed E-state index contributed by atoms with van der Waals surface area (Å²) in [6.45, 7) is 1.48. The lowest BCUT2D eigenvalue weighted by Crippen LogP contribution is -2.10. The topological polar surface area (TPSA) is 35.8 Å². The Hall–Kier alpha value is -2.29. The molecule has 0 atom stereocenters. The van der Waals surface area contributed by atoms with Gasteiger partial charge in [0.25, 0.3) is 0 Å². The maximum absolute atomic E-state index is 13.7. The lowest BCUT2D eigenvalue weighted by Gasteiger charge is -2.14. The summed E-state index contributed by atoms with van der Waals surface area (Å²) in [6, 6.07) is 2.78. The Kier molecular flexibility index (Phi) is 4.70. The summed E-state index contributed by atoms with van der Waals surface area (Å²) in [6.07, 6.45) is 0.610. The molecule has 0 amide bonds. The summed E-state index contributed by atoms with van der Waals surface area (Å²) in [5.74, 6) is -0.968. The van der Waals surface area contributed by atoms with Crippen LogP contribution in [0.4, 0.5) is 17.6 Å². The second-order valence-corrected chi connectivity index (χ2v) is 3.49. The van der Waals surface area contributed by atoms with Crippen molar-refractivity contribution in [3.63, 3.8) is 0 Å². The average Bonchev–Trinajstić information content (AvgIpc) is 2.34. The van der Waals surface area contributed by atoms with E-state index in [1.54, 1.807) is 6.19 Å². The molecule has 0 unspecified atom stereocenters. The van der Waals surface area contributed by atoms with Gasteiger partial charge in [0.15, 0.2) is 6.19 Å². The third kappa shape index (κ3) is 3.58. The number of nitrogens with zero attached hydrogens (tertiary/aromatic N) is 1. The Morgan fingerprint density at radius 2 is 2.05 bits per heavy atom. The molecular weight excluding hydrogens is 260 g/mol. The second-order valence-electron chi connectivity index (χ2n) is 3.49. The third-order valence-corrected chi connectivity index (χ3v) is 2.33. The smallest absolute Gasteiger partial charge is 0.300 e. The van der Waals surface area contributed by atoms with E-state index in [-0.39, 0.29) is 5.57 Å². The predicted molar refractivity (Wildman–Crippen MR) is 62.9 cm³/mol. The van der Waals surface area contributed by atoms with Crippen molar-refractivity contribution in [2.75, 3.05) is 0 Å². The molecule has 0 heterocycles. The van der Waals surface area contributed by atoms with Gasteiger partial charge in [-0.1, -0.05) is 12.1 Å². The average molecular weight is 270 g/mol. The molecule has 0 spiro atoms. The zero-order valence-electron chi connectivity index (χ0n) is 9.92. The van der Waals surface area contributed by atoms with Crippen LogP contribution < -0.4 is 5.32 Å². The number of benzene rings is 1. The monoisotopic (exact) mass is 270 g/mol. The second kappa shape index (κ2) is 6.05. The number of hydrogen-bond donors (Lipinski definition) is 1. The lowest BCUT2D eigenvalue weighted by atomic mass is 9.98. The molecule has 6 heteroatoms. The lowest BCUT2D eigenvalue weighted by molar-refractivity contribution is -0.137. The summed E-state index contributed by atoms with van der Waals surface area (Å²) < 4.78 is 52.1. The van der Waals surface area contributed by atoms with Crippen molar-refractivity contribution >= 4 is 5.57 Å². The highest BCUT2D eigenvalue weighted by Crippen LogP contribution is 2.36. The maximum Gasteiger partial charge on any atom is 0.417 e. The van der Waals surface area contributed by atoms with Crippen LogP contribution in [0.15, 0.2) is 36.6 Å². The van der Waals surface area contributed by atoms with Crippen LogP contribution in [-0.4, -0.2) is 0 Å². The van der Waals surface area contributed by atoms with Crippen LogP contribution in [0.2, 0.25) is 0 Å². The van der Waals surface area contributed by atoms with Crippen molar-refractivity contribution in [2.45, 2.75) is 13.1 Å². The summed E-state index contributed by atoms with van der Waals surface area (Å²) in [4.78, 5) is 0. The first kappa shape index (κ1) is 14.8. The van der Waals surface area contributed by atoms with E-state index in [9.17, 15) is 17.6 Å². The number of allylic oxidation sites excluding steroid dienone is 3. The summed E-state index contributed by atoms with van der Waals surface area (Å²) in [5, 5.41) is 10.4. The van der Waals surface area contributed by atoms with Crippen LogP contribution in [0, 0.1) is 17.3 Å². The molecule has 0 saturated heterocycles. The minimum Gasteiger partial charge on any atom is -0.300 e. The van der Waals surface area contributed by atoms with Crippen molar-refractivity contribution < 1.29 is 17.6 Å². The minimum atomic E-state index is -4.65. The first-order chi connectivity index (χ1) is 8.91. The molecule has 0 aliphatic carbocycles. The summed E-state index contributed by atoms with van der Waals surface area (Å²) in [5.41, 5.74) is -1.55. The van der Waals surface area contributed by atoms with E-state index >= 15 is 0 Å². The van der Waals surface area contributed by atoms with Crippen LogP contribution in [-0.2, 0) is 6.18 Å². The normalized spacial score (nSPS) is 12.5. The molecule has 1 N–H and O–H groups in total. The molecule has 1 rings (SSSR count). The van der Waals surface area contributed by atoms with Gasteiger partial charge in [-0.2, -0.15) is 18.4 Å². The van der Waals surface area contributed by atoms with Crippen molar-refractivity contribution in [2.24, 2.45) is 0 Å². The van der Waals surface area contributed by atoms with E-state index in [0.29, 0.717) is 0 Å². The first-order valence-corrected chi connectivity index (χ1v) is 5.25. The van der Waals surface area contributed by atoms with Crippen molar-refractivity contribution in [1.29, 1.82) is 5.26 Å². The molecule has 0 saturated carbocycles. The molecule has 0 aliphatic heterocycles. The Morgan fingerprint density at radius 3 is 2.58 bits per heavy atom. The van der Waals surface area contributed by atoms with Gasteiger partial charge in [0.2, 0.25) is 0 Å². The molecule has 0 aliphatic rings. The van der Waals surface area contributed by atoms with E-state index < -0.39 is 23.1 Å². The van der Waals surface area contributed by atoms with Crippen LogP contribution in [0.3, 0.4) is 0 Å². The highest BCUT2D eigenvalue weighted by Gasteiger charge is 2.34. The predicted octanol–water partition coefficient (Wildman–Crippen LogP) is 3.83. The van der Waals surface area contributed by atoms with E-state index in [4.69, 9.17) is 5.26 Å². The molecule has 100 valence electrons. The van der Waals surface area contributed by atoms with Gasteiger partial charge >= 0.3 is 6.18 Å². The molecule has 1 aromatic rings. The van der Waals surface area contributed by atoms with E-state index in [2.05, 4.69) is 5.32 Å². The number of alkyl halides is 3. The highest BCUT2D eigenvalue weighted by molar-refractivity contribution is 5.76. The third-order valence-electron chi connectivity index (χ3n) is 2.33. The quantitative estimate of drug-likeness (QED) is 0.392. The Balaban J connectivity index is 3.36. The first-order valence-electron chi connectivity index (χ1n) is 5.25. The molecule has 0 aromatic heterocycles. The van der Waals surface area contributed by atoms with Gasteiger partial charge in [-0.15, -0.1) is 0 Å². The molecule has 0 radical (unpaired) electrons. The van der Waals surface area contributed by atoms with Crippen LogP contribution in [0.1, 0.15) is 18.1 Å².